The van der Waals surface area contributed by atoms with E-state index >= 15 is 0 Å². The zero-order valence-electron chi connectivity index (χ0n) is 7.67. The van der Waals surface area contributed by atoms with Crippen molar-refractivity contribution in [3.05, 3.63) is 22.1 Å². The number of rotatable bonds is 3. The molecule has 76 valence electrons. The van der Waals surface area contributed by atoms with Crippen molar-refractivity contribution in [1.82, 2.24) is 9.55 Å². The molecule has 0 unspecified atom stereocenters. The quantitative estimate of drug-likeness (QED) is 0.571. The van der Waals surface area contributed by atoms with Crippen LogP contribution in [-0.2, 0) is 4.79 Å². The fourth-order valence-corrected chi connectivity index (χ4v) is 1.07. The second-order valence-electron chi connectivity index (χ2n) is 2.82. The van der Waals surface area contributed by atoms with Crippen molar-refractivity contribution >= 4 is 11.8 Å². The average Bonchev–Trinajstić information content (AvgIpc) is 2.46. The fraction of sp³-hybridized carbons (Fsp3) is 0.429. The molecule has 14 heavy (non-hydrogen) atoms. The summed E-state index contributed by atoms with van der Waals surface area (Å²) in [5.74, 6) is -1.08. The van der Waals surface area contributed by atoms with Crippen molar-refractivity contribution in [2.24, 2.45) is 0 Å². The third kappa shape index (κ3) is 1.70. The molecule has 0 radical (unpaired) electrons. The van der Waals surface area contributed by atoms with Crippen molar-refractivity contribution in [3.63, 3.8) is 0 Å². The van der Waals surface area contributed by atoms with E-state index < -0.39 is 16.9 Å². The maximum absolute atomic E-state index is 10.6. The van der Waals surface area contributed by atoms with Crippen LogP contribution in [0.2, 0.25) is 0 Å². The van der Waals surface area contributed by atoms with E-state index in [1.807, 2.05) is 0 Å². The Morgan fingerprint density at radius 3 is 2.71 bits per heavy atom. The van der Waals surface area contributed by atoms with Gasteiger partial charge in [-0.15, -0.1) is 0 Å². The lowest BCUT2D eigenvalue weighted by Crippen LogP contribution is -2.15. The number of hydrogen-bond donors (Lipinski definition) is 1. The van der Waals surface area contributed by atoms with Gasteiger partial charge in [-0.25, -0.2) is 4.79 Å². The first-order valence-electron chi connectivity index (χ1n) is 3.86. The number of carboxylic acids is 1. The van der Waals surface area contributed by atoms with Gasteiger partial charge in [-0.2, -0.15) is 0 Å². The SMILES string of the molecule is Cc1nc([N+](=O)[O-])cn1[C@H](C)C(=O)O. The highest BCUT2D eigenvalue weighted by Crippen LogP contribution is 2.15. The number of aryl methyl sites for hydroxylation is 1. The number of aromatic nitrogens is 2. The summed E-state index contributed by atoms with van der Waals surface area (Å²) in [6.07, 6.45) is 1.12. The number of aliphatic carboxylic acids is 1. The smallest absolute Gasteiger partial charge is 0.381 e. The van der Waals surface area contributed by atoms with Crippen molar-refractivity contribution in [1.29, 1.82) is 0 Å². The van der Waals surface area contributed by atoms with E-state index in [1.165, 1.54) is 18.4 Å². The standard InChI is InChI=1S/C7H9N3O4/c1-4(7(11)12)9-3-6(10(13)14)8-5(9)2/h3-4H,1-2H3,(H,11,12)/t4-/m1/s1. The zero-order chi connectivity index (χ0) is 10.9. The second kappa shape index (κ2) is 3.44. The van der Waals surface area contributed by atoms with Crippen LogP contribution in [-0.4, -0.2) is 25.6 Å². The molecule has 1 N–H and O–H groups in total. The number of nitrogens with zero attached hydrogens (tertiary/aromatic N) is 3. The van der Waals surface area contributed by atoms with E-state index in [-0.39, 0.29) is 5.82 Å². The summed E-state index contributed by atoms with van der Waals surface area (Å²) in [4.78, 5) is 23.9. The lowest BCUT2D eigenvalue weighted by Gasteiger charge is -2.06. The summed E-state index contributed by atoms with van der Waals surface area (Å²) in [5.41, 5.74) is 0. The molecule has 1 atom stereocenters. The predicted molar refractivity (Wildman–Crippen MR) is 46.0 cm³/mol. The minimum atomic E-state index is -1.06. The van der Waals surface area contributed by atoms with Crippen LogP contribution < -0.4 is 0 Å². The lowest BCUT2D eigenvalue weighted by atomic mass is 10.3. The number of imidazole rings is 1. The molecule has 0 aliphatic heterocycles. The monoisotopic (exact) mass is 199 g/mol. The number of carboxylic acid groups (broad SMARTS) is 1. The van der Waals surface area contributed by atoms with Crippen molar-refractivity contribution < 1.29 is 14.8 Å². The molecule has 0 saturated carbocycles. The van der Waals surface area contributed by atoms with Gasteiger partial charge in [-0.3, -0.25) is 4.57 Å². The summed E-state index contributed by atoms with van der Waals surface area (Å²) in [5, 5.41) is 19.0. The van der Waals surface area contributed by atoms with Gasteiger partial charge < -0.3 is 15.2 Å². The summed E-state index contributed by atoms with van der Waals surface area (Å²) in [6.45, 7) is 2.95. The van der Waals surface area contributed by atoms with Crippen LogP contribution in [0.4, 0.5) is 5.82 Å². The largest absolute Gasteiger partial charge is 0.480 e. The maximum Gasteiger partial charge on any atom is 0.381 e. The maximum atomic E-state index is 10.6. The molecule has 1 heterocycles. The van der Waals surface area contributed by atoms with Crippen LogP contribution in [0, 0.1) is 17.0 Å². The Kier molecular flexibility index (Phi) is 2.50. The number of nitro groups is 1. The zero-order valence-corrected chi connectivity index (χ0v) is 7.67. The fourth-order valence-electron chi connectivity index (χ4n) is 1.07. The van der Waals surface area contributed by atoms with Gasteiger partial charge in [0.1, 0.15) is 12.2 Å². The Bertz CT molecular complexity index is 384. The van der Waals surface area contributed by atoms with Crippen LogP contribution in [0.1, 0.15) is 18.8 Å². The van der Waals surface area contributed by atoms with Gasteiger partial charge in [0.15, 0.2) is 0 Å². The van der Waals surface area contributed by atoms with Crippen LogP contribution in [0.3, 0.4) is 0 Å². The molecule has 0 fully saturated rings. The minimum Gasteiger partial charge on any atom is -0.480 e. The number of carbonyl (C=O) groups is 1. The van der Waals surface area contributed by atoms with E-state index in [0.717, 1.165) is 6.20 Å². The topological polar surface area (TPSA) is 98.3 Å². The second-order valence-corrected chi connectivity index (χ2v) is 2.82. The third-order valence-corrected chi connectivity index (χ3v) is 1.87. The molecule has 0 spiro atoms. The Hall–Kier alpha value is -1.92. The molecular formula is C7H9N3O4. The highest BCUT2D eigenvalue weighted by molar-refractivity contribution is 5.71. The first-order chi connectivity index (χ1) is 6.43. The van der Waals surface area contributed by atoms with Crippen LogP contribution >= 0.6 is 0 Å². The predicted octanol–water partition coefficient (Wildman–Crippen LogP) is 0.745. The Balaban J connectivity index is 3.10. The average molecular weight is 199 g/mol. The van der Waals surface area contributed by atoms with E-state index in [0.29, 0.717) is 5.82 Å². The van der Waals surface area contributed by atoms with Gasteiger partial charge in [0.25, 0.3) is 0 Å². The molecule has 7 nitrogen and oxygen atoms in total. The lowest BCUT2D eigenvalue weighted by molar-refractivity contribution is -0.389. The van der Waals surface area contributed by atoms with Gasteiger partial charge in [0.05, 0.1) is 0 Å². The number of hydrogen-bond acceptors (Lipinski definition) is 4. The highest BCUT2D eigenvalue weighted by Gasteiger charge is 2.22. The van der Waals surface area contributed by atoms with Crippen LogP contribution in [0.25, 0.3) is 0 Å². The van der Waals surface area contributed by atoms with E-state index in [1.54, 1.807) is 0 Å². The third-order valence-electron chi connectivity index (χ3n) is 1.87. The molecule has 0 saturated heterocycles. The molecule has 0 aliphatic carbocycles. The van der Waals surface area contributed by atoms with Gasteiger partial charge in [-0.05, 0) is 16.8 Å². The molecule has 0 amide bonds. The van der Waals surface area contributed by atoms with Crippen molar-refractivity contribution in [2.45, 2.75) is 19.9 Å². The molecule has 0 aromatic carbocycles. The van der Waals surface area contributed by atoms with Gasteiger partial charge >= 0.3 is 11.8 Å². The van der Waals surface area contributed by atoms with E-state index in [4.69, 9.17) is 5.11 Å². The molecule has 7 heteroatoms. The Morgan fingerprint density at radius 2 is 2.36 bits per heavy atom. The van der Waals surface area contributed by atoms with Crippen LogP contribution in [0.15, 0.2) is 6.20 Å². The van der Waals surface area contributed by atoms with E-state index in [2.05, 4.69) is 4.98 Å². The molecular weight excluding hydrogens is 190 g/mol. The minimum absolute atomic E-state index is 0.312. The van der Waals surface area contributed by atoms with Crippen molar-refractivity contribution in [2.75, 3.05) is 0 Å². The summed E-state index contributed by atoms with van der Waals surface area (Å²) in [7, 11) is 0. The summed E-state index contributed by atoms with van der Waals surface area (Å²) >= 11 is 0. The Morgan fingerprint density at radius 1 is 1.79 bits per heavy atom. The molecule has 1 aromatic heterocycles. The Labute approximate surface area is 79.1 Å². The first-order valence-corrected chi connectivity index (χ1v) is 3.86. The van der Waals surface area contributed by atoms with Gasteiger partial charge in [0, 0.05) is 6.92 Å². The first kappa shape index (κ1) is 10.2. The molecule has 0 aliphatic rings. The van der Waals surface area contributed by atoms with Gasteiger partial charge in [-0.1, -0.05) is 0 Å². The molecule has 1 aromatic rings. The normalized spacial score (nSPS) is 12.4. The molecule has 0 bridgehead atoms. The highest BCUT2D eigenvalue weighted by atomic mass is 16.6. The van der Waals surface area contributed by atoms with Gasteiger partial charge in [0.2, 0.25) is 5.82 Å². The molecule has 1 rings (SSSR count). The summed E-state index contributed by atoms with van der Waals surface area (Å²) < 4.78 is 1.25. The van der Waals surface area contributed by atoms with Crippen LogP contribution in [0.5, 0.6) is 0 Å². The van der Waals surface area contributed by atoms with Crippen molar-refractivity contribution in [3.8, 4) is 0 Å². The van der Waals surface area contributed by atoms with E-state index in [9.17, 15) is 14.9 Å². The summed E-state index contributed by atoms with van der Waals surface area (Å²) in [6, 6.07) is -0.851.